The molecule has 0 saturated carbocycles. The maximum atomic E-state index is 12.0. The van der Waals surface area contributed by atoms with E-state index < -0.39 is 5.97 Å². The summed E-state index contributed by atoms with van der Waals surface area (Å²) in [7, 11) is 1.51. The van der Waals surface area contributed by atoms with Crippen LogP contribution < -0.4 is 4.74 Å². The van der Waals surface area contributed by atoms with E-state index >= 15 is 0 Å². The van der Waals surface area contributed by atoms with Gasteiger partial charge in [-0.05, 0) is 42.0 Å². The molecule has 1 aliphatic rings. The Kier molecular flexibility index (Phi) is 4.32. The molecule has 0 bridgehead atoms. The van der Waals surface area contributed by atoms with Crippen LogP contribution in [0.15, 0.2) is 53.2 Å². The Balaban J connectivity index is 1.97. The number of carbonyl (C=O) groups excluding carboxylic acids is 1. The first-order valence-electron chi connectivity index (χ1n) is 6.97. The van der Waals surface area contributed by atoms with Gasteiger partial charge in [0.05, 0.1) is 24.3 Å². The first-order valence-corrected chi connectivity index (χ1v) is 7.35. The predicted octanol–water partition coefficient (Wildman–Crippen LogP) is 3.56. The van der Waals surface area contributed by atoms with Crippen LogP contribution in [0, 0.1) is 11.3 Å². The lowest BCUT2D eigenvalue weighted by Gasteiger charge is -2.07. The molecule has 1 heterocycles. The van der Waals surface area contributed by atoms with E-state index in [0.717, 1.165) is 5.56 Å². The van der Waals surface area contributed by atoms with Crippen LogP contribution in [-0.2, 0) is 9.53 Å². The van der Waals surface area contributed by atoms with Crippen LogP contribution >= 0.6 is 11.6 Å². The van der Waals surface area contributed by atoms with Crippen molar-refractivity contribution in [3.8, 4) is 11.8 Å². The average molecular weight is 339 g/mol. The maximum absolute atomic E-state index is 12.0. The number of hydrogen-bond donors (Lipinski definition) is 0. The summed E-state index contributed by atoms with van der Waals surface area (Å²) in [6.45, 7) is 0. The molecule has 2 aromatic carbocycles. The fourth-order valence-corrected chi connectivity index (χ4v) is 2.36. The molecule has 5 nitrogen and oxygen atoms in total. The van der Waals surface area contributed by atoms with E-state index in [1.165, 1.54) is 7.11 Å². The molecule has 0 amide bonds. The van der Waals surface area contributed by atoms with E-state index in [4.69, 9.17) is 26.3 Å². The van der Waals surface area contributed by atoms with Gasteiger partial charge >= 0.3 is 5.97 Å². The van der Waals surface area contributed by atoms with Crippen molar-refractivity contribution >= 4 is 29.5 Å². The Morgan fingerprint density at radius 3 is 2.67 bits per heavy atom. The van der Waals surface area contributed by atoms with Crippen molar-refractivity contribution in [1.82, 2.24) is 0 Å². The second-order valence-corrected chi connectivity index (χ2v) is 5.35. The third kappa shape index (κ3) is 3.14. The van der Waals surface area contributed by atoms with Crippen LogP contribution in [0.25, 0.3) is 6.08 Å². The lowest BCUT2D eigenvalue weighted by Crippen LogP contribution is -2.07. The van der Waals surface area contributed by atoms with Gasteiger partial charge in [-0.1, -0.05) is 23.7 Å². The van der Waals surface area contributed by atoms with Crippen LogP contribution in [0.5, 0.6) is 5.75 Å². The fourth-order valence-electron chi connectivity index (χ4n) is 2.18. The van der Waals surface area contributed by atoms with Crippen LogP contribution in [0.1, 0.15) is 16.7 Å². The zero-order valence-electron chi connectivity index (χ0n) is 12.6. The predicted molar refractivity (Wildman–Crippen MR) is 89.8 cm³/mol. The second kappa shape index (κ2) is 6.57. The van der Waals surface area contributed by atoms with Crippen molar-refractivity contribution in [2.45, 2.75) is 0 Å². The highest BCUT2D eigenvalue weighted by molar-refractivity contribution is 6.31. The highest BCUT2D eigenvalue weighted by Gasteiger charge is 2.26. The smallest absolute Gasteiger partial charge is 0.363 e. The Morgan fingerprint density at radius 2 is 2.00 bits per heavy atom. The van der Waals surface area contributed by atoms with Gasteiger partial charge in [0.25, 0.3) is 0 Å². The molecule has 0 saturated heterocycles. The van der Waals surface area contributed by atoms with Gasteiger partial charge in [0.2, 0.25) is 5.90 Å². The Morgan fingerprint density at radius 1 is 1.25 bits per heavy atom. The van der Waals surface area contributed by atoms with Crippen molar-refractivity contribution in [2.75, 3.05) is 7.11 Å². The molecule has 0 aliphatic carbocycles. The molecule has 0 aromatic heterocycles. The normalized spacial score (nSPS) is 15.0. The zero-order valence-corrected chi connectivity index (χ0v) is 13.4. The van der Waals surface area contributed by atoms with Crippen molar-refractivity contribution in [3.63, 3.8) is 0 Å². The van der Waals surface area contributed by atoms with Crippen molar-refractivity contribution in [3.05, 3.63) is 69.9 Å². The summed E-state index contributed by atoms with van der Waals surface area (Å²) in [5.41, 5.74) is 1.95. The number of esters is 1. The standard InChI is InChI=1S/C18H11ClN2O3/c1-23-16-7-6-13(19)9-14(16)17-21-15(18(22)24-17)8-11-2-4-12(10-20)5-3-11/h2-9H,1H3/b15-8-. The summed E-state index contributed by atoms with van der Waals surface area (Å²) in [6.07, 6.45) is 1.59. The Hall–Kier alpha value is -3.10. The summed E-state index contributed by atoms with van der Waals surface area (Å²) in [5.74, 6) is 0.0845. The minimum Gasteiger partial charge on any atom is -0.496 e. The molecule has 24 heavy (non-hydrogen) atoms. The van der Waals surface area contributed by atoms with E-state index in [0.29, 0.717) is 21.9 Å². The van der Waals surface area contributed by atoms with Gasteiger partial charge < -0.3 is 9.47 Å². The molecule has 118 valence electrons. The number of ether oxygens (including phenoxy) is 2. The number of methoxy groups -OCH3 is 1. The SMILES string of the molecule is COc1ccc(Cl)cc1C1=N/C(=C\c2ccc(C#N)cc2)C(=O)O1. The number of nitrogens with zero attached hydrogens (tertiary/aromatic N) is 2. The number of rotatable bonds is 3. The molecule has 3 rings (SSSR count). The molecule has 0 unspecified atom stereocenters. The van der Waals surface area contributed by atoms with E-state index in [2.05, 4.69) is 4.99 Å². The minimum absolute atomic E-state index is 0.138. The quantitative estimate of drug-likeness (QED) is 0.633. The lowest BCUT2D eigenvalue weighted by molar-refractivity contribution is -0.129. The number of benzene rings is 2. The van der Waals surface area contributed by atoms with Crippen LogP contribution in [0.4, 0.5) is 0 Å². The van der Waals surface area contributed by atoms with Gasteiger partial charge in [-0.15, -0.1) is 0 Å². The maximum Gasteiger partial charge on any atom is 0.363 e. The van der Waals surface area contributed by atoms with Gasteiger partial charge in [0, 0.05) is 5.02 Å². The van der Waals surface area contributed by atoms with E-state index in [1.807, 2.05) is 6.07 Å². The Labute approximate surface area is 143 Å². The van der Waals surface area contributed by atoms with E-state index in [-0.39, 0.29) is 11.6 Å². The number of cyclic esters (lactones) is 1. The summed E-state index contributed by atoms with van der Waals surface area (Å²) in [5, 5.41) is 9.28. The third-order valence-electron chi connectivity index (χ3n) is 3.36. The molecule has 6 heteroatoms. The molecule has 0 spiro atoms. The van der Waals surface area contributed by atoms with Gasteiger partial charge in [-0.3, -0.25) is 0 Å². The summed E-state index contributed by atoms with van der Waals surface area (Å²) >= 11 is 5.99. The lowest BCUT2D eigenvalue weighted by atomic mass is 10.1. The second-order valence-electron chi connectivity index (χ2n) is 4.91. The number of halogens is 1. The molecule has 1 aliphatic heterocycles. The van der Waals surface area contributed by atoms with Crippen LogP contribution in [-0.4, -0.2) is 19.0 Å². The first kappa shape index (κ1) is 15.8. The van der Waals surface area contributed by atoms with E-state index in [9.17, 15) is 4.79 Å². The first-order chi connectivity index (χ1) is 11.6. The van der Waals surface area contributed by atoms with Crippen molar-refractivity contribution in [2.24, 2.45) is 4.99 Å². The fraction of sp³-hybridized carbons (Fsp3) is 0.0556. The summed E-state index contributed by atoms with van der Waals surface area (Å²) < 4.78 is 10.5. The van der Waals surface area contributed by atoms with Crippen molar-refractivity contribution in [1.29, 1.82) is 5.26 Å². The number of hydrogen-bond acceptors (Lipinski definition) is 5. The molecular weight excluding hydrogens is 328 g/mol. The third-order valence-corrected chi connectivity index (χ3v) is 3.59. The summed E-state index contributed by atoms with van der Waals surface area (Å²) in [4.78, 5) is 16.3. The number of nitriles is 1. The average Bonchev–Trinajstić information content (AvgIpc) is 2.96. The Bertz CT molecular complexity index is 909. The summed E-state index contributed by atoms with van der Waals surface area (Å²) in [6, 6.07) is 13.8. The van der Waals surface area contributed by atoms with Crippen LogP contribution in [0.3, 0.4) is 0 Å². The zero-order chi connectivity index (χ0) is 17.1. The van der Waals surface area contributed by atoms with Crippen LogP contribution in [0.2, 0.25) is 5.02 Å². The topological polar surface area (TPSA) is 71.7 Å². The van der Waals surface area contributed by atoms with Gasteiger partial charge in [-0.2, -0.15) is 5.26 Å². The minimum atomic E-state index is -0.559. The van der Waals surface area contributed by atoms with Gasteiger partial charge in [0.1, 0.15) is 5.75 Å². The monoisotopic (exact) mass is 338 g/mol. The van der Waals surface area contributed by atoms with E-state index in [1.54, 1.807) is 48.5 Å². The highest BCUT2D eigenvalue weighted by Crippen LogP contribution is 2.27. The van der Waals surface area contributed by atoms with Gasteiger partial charge in [0.15, 0.2) is 5.70 Å². The molecule has 0 fully saturated rings. The molecule has 0 N–H and O–H groups in total. The number of aliphatic imine (C=N–C) groups is 1. The highest BCUT2D eigenvalue weighted by atomic mass is 35.5. The van der Waals surface area contributed by atoms with Gasteiger partial charge in [-0.25, -0.2) is 9.79 Å². The largest absolute Gasteiger partial charge is 0.496 e. The van der Waals surface area contributed by atoms with Crippen molar-refractivity contribution < 1.29 is 14.3 Å². The molecular formula is C18H11ClN2O3. The number of carbonyl (C=O) groups is 1. The molecule has 2 aromatic rings. The molecule has 0 radical (unpaired) electrons. The molecule has 0 atom stereocenters.